The first-order valence-corrected chi connectivity index (χ1v) is 40.1. The van der Waals surface area contributed by atoms with Crippen molar-refractivity contribution in [2.45, 2.75) is 381 Å². The number of hydrogen-bond donors (Lipinski definition) is 3. The Morgan fingerprint density at radius 2 is 0.533 bits per heavy atom. The van der Waals surface area contributed by atoms with Gasteiger partial charge in [0.15, 0.2) is 12.2 Å². The van der Waals surface area contributed by atoms with Crippen LogP contribution in [0.2, 0.25) is 0 Å². The van der Waals surface area contributed by atoms with E-state index in [1.807, 2.05) is 0 Å². The Bertz CT molecular complexity index is 1760. The van der Waals surface area contributed by atoms with Crippen molar-refractivity contribution >= 4 is 39.5 Å². The normalized spacial score (nSPS) is 14.7. The molecule has 7 atom stereocenters. The third-order valence-electron chi connectivity index (χ3n) is 17.2. The number of aliphatic hydroxyl groups is 1. The third kappa shape index (κ3) is 62.2. The molecular weight excluding hydrogens is 1190 g/mol. The van der Waals surface area contributed by atoms with Crippen LogP contribution in [-0.2, 0) is 65.4 Å². The van der Waals surface area contributed by atoms with Gasteiger partial charge in [-0.1, -0.05) is 311 Å². The number of carbonyl (C=O) groups excluding carboxylic acids is 4. The molecule has 0 saturated carbocycles. The van der Waals surface area contributed by atoms with Crippen molar-refractivity contribution in [2.24, 2.45) is 11.8 Å². The van der Waals surface area contributed by atoms with Gasteiger partial charge in [-0.15, -0.1) is 0 Å². The van der Waals surface area contributed by atoms with Crippen LogP contribution < -0.4 is 0 Å². The zero-order valence-electron chi connectivity index (χ0n) is 58.4. The smallest absolute Gasteiger partial charge is 0.462 e. The highest BCUT2D eigenvalue weighted by atomic mass is 31.2. The van der Waals surface area contributed by atoms with E-state index >= 15 is 0 Å². The molecule has 0 rings (SSSR count). The molecule has 0 radical (unpaired) electrons. The Labute approximate surface area is 549 Å². The first-order chi connectivity index (χ1) is 43.4. The molecule has 0 heterocycles. The van der Waals surface area contributed by atoms with Crippen molar-refractivity contribution in [1.82, 2.24) is 0 Å². The van der Waals surface area contributed by atoms with E-state index in [9.17, 15) is 43.2 Å². The predicted molar refractivity (Wildman–Crippen MR) is 363 cm³/mol. The summed E-state index contributed by atoms with van der Waals surface area (Å²) in [5.74, 6) is -0.561. The number of carbonyl (C=O) groups is 4. The summed E-state index contributed by atoms with van der Waals surface area (Å²) in [6.45, 7) is 9.54. The Morgan fingerprint density at radius 1 is 0.311 bits per heavy atom. The van der Waals surface area contributed by atoms with Crippen molar-refractivity contribution in [2.75, 3.05) is 39.6 Å². The van der Waals surface area contributed by atoms with E-state index in [1.165, 1.54) is 173 Å². The number of hydrogen-bond acceptors (Lipinski definition) is 15. The van der Waals surface area contributed by atoms with Gasteiger partial charge in [0.25, 0.3) is 0 Å². The number of ether oxygens (including phenoxy) is 4. The lowest BCUT2D eigenvalue weighted by molar-refractivity contribution is -0.161. The fourth-order valence-electron chi connectivity index (χ4n) is 10.7. The predicted octanol–water partition coefficient (Wildman–Crippen LogP) is 20.4. The van der Waals surface area contributed by atoms with Gasteiger partial charge < -0.3 is 33.8 Å². The van der Waals surface area contributed by atoms with Gasteiger partial charge >= 0.3 is 39.5 Å². The van der Waals surface area contributed by atoms with Gasteiger partial charge in [0, 0.05) is 25.7 Å². The molecule has 4 unspecified atom stereocenters. The van der Waals surface area contributed by atoms with Gasteiger partial charge in [-0.25, -0.2) is 9.13 Å². The summed E-state index contributed by atoms with van der Waals surface area (Å²) in [4.78, 5) is 72.5. The zero-order chi connectivity index (χ0) is 66.5. The molecule has 0 aromatic carbocycles. The van der Waals surface area contributed by atoms with Crippen LogP contribution in [0.4, 0.5) is 0 Å². The van der Waals surface area contributed by atoms with Gasteiger partial charge in [0.2, 0.25) is 0 Å². The fraction of sp³-hybridized carbons (Fsp3) is 0.944. The lowest BCUT2D eigenvalue weighted by atomic mass is 9.99. The Hall–Kier alpha value is -1.94. The number of esters is 4. The second kappa shape index (κ2) is 63.1. The highest BCUT2D eigenvalue weighted by Gasteiger charge is 2.30. The van der Waals surface area contributed by atoms with Crippen molar-refractivity contribution in [3.63, 3.8) is 0 Å². The fourth-order valence-corrected chi connectivity index (χ4v) is 12.3. The molecule has 0 aliphatic rings. The van der Waals surface area contributed by atoms with Crippen LogP contribution in [-0.4, -0.2) is 96.7 Å². The number of unbranched alkanes of at least 4 members (excludes halogenated alkanes) is 38. The van der Waals surface area contributed by atoms with Gasteiger partial charge in [-0.3, -0.25) is 37.3 Å². The first kappa shape index (κ1) is 88.1. The van der Waals surface area contributed by atoms with Gasteiger partial charge in [-0.05, 0) is 37.5 Å². The highest BCUT2D eigenvalue weighted by molar-refractivity contribution is 7.47. The molecule has 0 fully saturated rings. The van der Waals surface area contributed by atoms with Crippen LogP contribution in [0.15, 0.2) is 0 Å². The lowest BCUT2D eigenvalue weighted by Crippen LogP contribution is -2.30. The molecule has 534 valence electrons. The van der Waals surface area contributed by atoms with Crippen LogP contribution in [0.1, 0.15) is 363 Å². The van der Waals surface area contributed by atoms with Crippen LogP contribution in [0.5, 0.6) is 0 Å². The number of phosphoric ester groups is 2. The molecule has 0 aromatic heterocycles. The standard InChI is InChI=1S/C71H138O17P2/c1-7-11-13-15-17-19-20-21-25-28-31-35-42-48-54-69(74)82-59-66(87-70(75)55-49-43-36-32-29-26-23-22-24-27-30-33-39-45-51-63(5)9-3)61-85-89(77,78)83-57-65(72)58-84-90(79,80)86-62-67(60-81-68(73)53-47-41-34-18-16-14-12-8-2)88-71(76)56-50-44-38-37-40-46-52-64(6)10-4/h63-67,72H,7-62H2,1-6H3,(H,77,78)(H,79,80)/t63?,64?,65-,66-,67-/m1/s1. The highest BCUT2D eigenvalue weighted by Crippen LogP contribution is 2.45. The summed E-state index contributed by atoms with van der Waals surface area (Å²) in [6.07, 6.45) is 48.6. The summed E-state index contributed by atoms with van der Waals surface area (Å²) in [6, 6.07) is 0. The topological polar surface area (TPSA) is 237 Å². The summed E-state index contributed by atoms with van der Waals surface area (Å²) >= 11 is 0. The largest absolute Gasteiger partial charge is 0.472 e. The van der Waals surface area contributed by atoms with E-state index in [4.69, 9.17) is 37.0 Å². The van der Waals surface area contributed by atoms with E-state index in [-0.39, 0.29) is 25.7 Å². The second-order valence-corrected chi connectivity index (χ2v) is 29.0. The minimum Gasteiger partial charge on any atom is -0.462 e. The maximum Gasteiger partial charge on any atom is 0.472 e. The van der Waals surface area contributed by atoms with Gasteiger partial charge in [-0.2, -0.15) is 0 Å². The Balaban J connectivity index is 5.21. The molecule has 0 spiro atoms. The second-order valence-electron chi connectivity index (χ2n) is 26.1. The van der Waals surface area contributed by atoms with Crippen LogP contribution >= 0.6 is 15.6 Å². The summed E-state index contributed by atoms with van der Waals surface area (Å²) in [5, 5.41) is 10.6. The Morgan fingerprint density at radius 3 is 0.789 bits per heavy atom. The Kier molecular flexibility index (Phi) is 61.8. The molecule has 17 nitrogen and oxygen atoms in total. The maximum atomic E-state index is 13.0. The van der Waals surface area contributed by atoms with E-state index in [0.29, 0.717) is 25.7 Å². The molecule has 19 heteroatoms. The van der Waals surface area contributed by atoms with Gasteiger partial charge in [0.1, 0.15) is 19.3 Å². The molecule has 0 aromatic rings. The first-order valence-electron chi connectivity index (χ1n) is 37.1. The van der Waals surface area contributed by atoms with Crippen molar-refractivity contribution in [3.8, 4) is 0 Å². The van der Waals surface area contributed by atoms with E-state index in [2.05, 4.69) is 41.5 Å². The van der Waals surface area contributed by atoms with Crippen LogP contribution in [0.3, 0.4) is 0 Å². The van der Waals surface area contributed by atoms with Crippen LogP contribution in [0.25, 0.3) is 0 Å². The molecule has 0 bridgehead atoms. The minimum atomic E-state index is -4.95. The summed E-state index contributed by atoms with van der Waals surface area (Å²) in [7, 11) is -9.90. The SMILES string of the molecule is CCCCCCCCCCCCCCCCC(=O)OC[C@H](COP(=O)(O)OC[C@@H](O)COP(=O)(O)OC[C@@H](COC(=O)CCCCCCCCCC)OC(=O)CCCCCCCCC(C)CC)OC(=O)CCCCCCCCCCCCCCCCC(C)CC. The molecular formula is C71H138O17P2. The average Bonchev–Trinajstić information content (AvgIpc) is 2.83. The zero-order valence-corrected chi connectivity index (χ0v) is 60.2. The van der Waals surface area contributed by atoms with Crippen molar-refractivity contribution in [1.29, 1.82) is 0 Å². The molecule has 0 aliphatic heterocycles. The molecule has 0 saturated heterocycles. The summed E-state index contributed by atoms with van der Waals surface area (Å²) in [5.41, 5.74) is 0. The maximum absolute atomic E-state index is 13.0. The average molecular weight is 1330 g/mol. The van der Waals surface area contributed by atoms with Gasteiger partial charge in [0.05, 0.1) is 26.4 Å². The van der Waals surface area contributed by atoms with E-state index in [1.54, 1.807) is 0 Å². The quantitative estimate of drug-likeness (QED) is 0.0222. The number of rotatable bonds is 70. The van der Waals surface area contributed by atoms with Crippen molar-refractivity contribution < 1.29 is 80.2 Å². The number of phosphoric acid groups is 2. The summed E-state index contributed by atoms with van der Waals surface area (Å²) < 4.78 is 68.2. The lowest BCUT2D eigenvalue weighted by Gasteiger charge is -2.21. The molecule has 3 N–H and O–H groups in total. The molecule has 90 heavy (non-hydrogen) atoms. The minimum absolute atomic E-state index is 0.103. The number of aliphatic hydroxyl groups excluding tert-OH is 1. The van der Waals surface area contributed by atoms with E-state index in [0.717, 1.165) is 108 Å². The molecule has 0 amide bonds. The molecule has 0 aliphatic carbocycles. The van der Waals surface area contributed by atoms with E-state index < -0.39 is 97.5 Å². The monoisotopic (exact) mass is 1320 g/mol. The third-order valence-corrected chi connectivity index (χ3v) is 19.1. The van der Waals surface area contributed by atoms with Crippen molar-refractivity contribution in [3.05, 3.63) is 0 Å². The van der Waals surface area contributed by atoms with Crippen LogP contribution in [0, 0.1) is 11.8 Å².